The van der Waals surface area contributed by atoms with Gasteiger partial charge in [0.15, 0.2) is 9.84 Å². The van der Waals surface area contributed by atoms with E-state index in [1.807, 2.05) is 25.2 Å². The fourth-order valence-electron chi connectivity index (χ4n) is 6.60. The third kappa shape index (κ3) is 5.07. The average molecular weight is 525 g/mol. The first-order valence-electron chi connectivity index (χ1n) is 13.5. The maximum Gasteiger partial charge on any atom is 0.225 e. The first kappa shape index (κ1) is 26.0. The largest absolute Gasteiger partial charge is 0.350 e. The molecule has 0 N–H and O–H groups in total. The van der Waals surface area contributed by atoms with E-state index in [1.54, 1.807) is 6.07 Å². The molecule has 2 fully saturated rings. The van der Waals surface area contributed by atoms with Crippen LogP contribution in [0.25, 0.3) is 10.9 Å². The molecule has 0 bridgehead atoms. The van der Waals surface area contributed by atoms with Crippen molar-refractivity contribution in [2.24, 2.45) is 24.8 Å². The number of benzene rings is 2. The predicted molar refractivity (Wildman–Crippen MR) is 144 cm³/mol. The molecule has 1 saturated heterocycles. The highest BCUT2D eigenvalue weighted by atomic mass is 32.2. The monoisotopic (exact) mass is 524 g/mol. The van der Waals surface area contributed by atoms with Crippen molar-refractivity contribution >= 4 is 26.6 Å². The van der Waals surface area contributed by atoms with Crippen LogP contribution < -0.4 is 0 Å². The molecule has 7 heteroatoms. The van der Waals surface area contributed by atoms with Crippen LogP contribution in [-0.2, 0) is 27.4 Å². The summed E-state index contributed by atoms with van der Waals surface area (Å²) < 4.78 is 42.2. The molecular formula is C30H37FN2O3S. The molecule has 3 aromatic rings. The molecule has 0 spiro atoms. The quantitative estimate of drug-likeness (QED) is 0.393. The molecule has 1 aliphatic carbocycles. The van der Waals surface area contributed by atoms with Crippen LogP contribution in [0.4, 0.5) is 4.39 Å². The van der Waals surface area contributed by atoms with Crippen LogP contribution in [0.2, 0.25) is 0 Å². The van der Waals surface area contributed by atoms with Gasteiger partial charge in [-0.25, -0.2) is 12.8 Å². The van der Waals surface area contributed by atoms with E-state index in [-0.39, 0.29) is 22.5 Å². The standard InChI is InChI=1S/C30H37FN2O3S/c1-20-17-33(30(34)21(2)23-8-4-5-9-23)15-14-24(20)26-18-32(3)28-13-12-22(16-25(26)28)19-37(35,36)29-11-7-6-10-27(29)31/h6-7,10-13,16,18,20-21,23-24H,4-5,8-9,14-15,17,19H2,1-3H3/t20-,21+,24+/m0/s1. The van der Waals surface area contributed by atoms with Crippen LogP contribution in [0.3, 0.4) is 0 Å². The van der Waals surface area contributed by atoms with Gasteiger partial charge in [-0.15, -0.1) is 0 Å². The number of aryl methyl sites for hydroxylation is 1. The Bertz CT molecular complexity index is 1410. The molecule has 1 aliphatic heterocycles. The minimum atomic E-state index is -3.81. The van der Waals surface area contributed by atoms with Gasteiger partial charge in [-0.3, -0.25) is 4.79 Å². The van der Waals surface area contributed by atoms with Crippen LogP contribution in [-0.4, -0.2) is 36.9 Å². The summed E-state index contributed by atoms with van der Waals surface area (Å²) in [4.78, 5) is 15.1. The second kappa shape index (κ2) is 10.2. The molecule has 198 valence electrons. The minimum Gasteiger partial charge on any atom is -0.350 e. The zero-order chi connectivity index (χ0) is 26.3. The van der Waals surface area contributed by atoms with Crippen molar-refractivity contribution < 1.29 is 17.6 Å². The summed E-state index contributed by atoms with van der Waals surface area (Å²) in [5, 5.41) is 1.04. The van der Waals surface area contributed by atoms with Crippen molar-refractivity contribution in [3.63, 3.8) is 0 Å². The summed E-state index contributed by atoms with van der Waals surface area (Å²) in [5.74, 6) is 0.537. The zero-order valence-corrected chi connectivity index (χ0v) is 22.8. The van der Waals surface area contributed by atoms with Gasteiger partial charge in [-0.2, -0.15) is 0 Å². The van der Waals surface area contributed by atoms with Crippen molar-refractivity contribution in [1.82, 2.24) is 9.47 Å². The number of fused-ring (bicyclic) bond motifs is 1. The molecule has 0 radical (unpaired) electrons. The third-order valence-electron chi connectivity index (χ3n) is 8.73. The zero-order valence-electron chi connectivity index (χ0n) is 22.0. The van der Waals surface area contributed by atoms with Crippen LogP contribution >= 0.6 is 0 Å². The number of carbonyl (C=O) groups excluding carboxylic acids is 1. The number of hydrogen-bond donors (Lipinski definition) is 0. The first-order chi connectivity index (χ1) is 17.7. The summed E-state index contributed by atoms with van der Waals surface area (Å²) in [6.45, 7) is 5.83. The lowest BCUT2D eigenvalue weighted by atomic mass is 9.80. The van der Waals surface area contributed by atoms with Crippen molar-refractivity contribution in [3.8, 4) is 0 Å². The van der Waals surface area contributed by atoms with Crippen molar-refractivity contribution in [1.29, 1.82) is 0 Å². The van der Waals surface area contributed by atoms with Gasteiger partial charge in [0.1, 0.15) is 10.7 Å². The summed E-state index contributed by atoms with van der Waals surface area (Å²) >= 11 is 0. The van der Waals surface area contributed by atoms with E-state index < -0.39 is 15.7 Å². The van der Waals surface area contributed by atoms with E-state index >= 15 is 0 Å². The van der Waals surface area contributed by atoms with Gasteiger partial charge in [0.25, 0.3) is 0 Å². The van der Waals surface area contributed by atoms with E-state index in [2.05, 4.69) is 29.5 Å². The van der Waals surface area contributed by atoms with Gasteiger partial charge in [-0.1, -0.05) is 44.9 Å². The lowest BCUT2D eigenvalue weighted by molar-refractivity contribution is -0.138. The SMILES string of the molecule is C[C@@H](C(=O)N1CC[C@@H](c2cn(C)c3ccc(CS(=O)(=O)c4ccccc4F)cc23)[C@@H](C)C1)C1CCCC1. The van der Waals surface area contributed by atoms with Gasteiger partial charge >= 0.3 is 0 Å². The number of sulfone groups is 1. The molecule has 3 atom stereocenters. The van der Waals surface area contributed by atoms with Crippen LogP contribution in [0, 0.1) is 23.6 Å². The second-order valence-corrected chi connectivity index (χ2v) is 13.2. The number of hydrogen-bond acceptors (Lipinski definition) is 3. The topological polar surface area (TPSA) is 59.4 Å². The van der Waals surface area contributed by atoms with Crippen molar-refractivity contribution in [2.75, 3.05) is 13.1 Å². The van der Waals surface area contributed by atoms with Gasteiger partial charge in [0.2, 0.25) is 5.91 Å². The molecule has 1 saturated carbocycles. The average Bonchev–Trinajstić information content (AvgIpc) is 3.51. The number of carbonyl (C=O) groups is 1. The molecule has 1 amide bonds. The molecule has 5 rings (SSSR count). The summed E-state index contributed by atoms with van der Waals surface area (Å²) in [6.07, 6.45) is 7.87. The molecule has 37 heavy (non-hydrogen) atoms. The summed E-state index contributed by atoms with van der Waals surface area (Å²) in [5.41, 5.74) is 2.89. The highest BCUT2D eigenvalue weighted by Gasteiger charge is 2.35. The van der Waals surface area contributed by atoms with Crippen LogP contribution in [0.15, 0.2) is 53.6 Å². The molecular weight excluding hydrogens is 487 g/mol. The van der Waals surface area contributed by atoms with Gasteiger partial charge in [0, 0.05) is 43.2 Å². The Morgan fingerprint density at radius 2 is 1.84 bits per heavy atom. The van der Waals surface area contributed by atoms with Crippen LogP contribution in [0.5, 0.6) is 0 Å². The molecule has 2 aliphatic rings. The Morgan fingerprint density at radius 1 is 1.11 bits per heavy atom. The predicted octanol–water partition coefficient (Wildman–Crippen LogP) is 6.07. The molecule has 2 heterocycles. The smallest absolute Gasteiger partial charge is 0.225 e. The van der Waals surface area contributed by atoms with Crippen LogP contribution in [0.1, 0.15) is 63.0 Å². The molecule has 0 unspecified atom stereocenters. The maximum absolute atomic E-state index is 14.2. The van der Waals surface area contributed by atoms with E-state index in [0.29, 0.717) is 23.3 Å². The van der Waals surface area contributed by atoms with E-state index in [1.165, 1.54) is 49.4 Å². The van der Waals surface area contributed by atoms with Crippen molar-refractivity contribution in [2.45, 2.75) is 62.5 Å². The Kier molecular flexibility index (Phi) is 7.18. The summed E-state index contributed by atoms with van der Waals surface area (Å²) in [7, 11) is -1.80. The van der Waals surface area contributed by atoms with Gasteiger partial charge in [0.05, 0.1) is 5.75 Å². The van der Waals surface area contributed by atoms with Gasteiger partial charge < -0.3 is 9.47 Å². The highest BCUT2D eigenvalue weighted by Crippen LogP contribution is 2.39. The number of halogens is 1. The first-order valence-corrected chi connectivity index (χ1v) is 15.1. The third-order valence-corrected chi connectivity index (χ3v) is 10.4. The number of piperidine rings is 1. The highest BCUT2D eigenvalue weighted by molar-refractivity contribution is 7.90. The number of nitrogens with zero attached hydrogens (tertiary/aromatic N) is 2. The lowest BCUT2D eigenvalue weighted by Crippen LogP contribution is -2.45. The Hall–Kier alpha value is -2.67. The lowest BCUT2D eigenvalue weighted by Gasteiger charge is -2.39. The molecule has 2 aromatic carbocycles. The number of amides is 1. The summed E-state index contributed by atoms with van der Waals surface area (Å²) in [6, 6.07) is 11.3. The Labute approximate surface area is 219 Å². The molecule has 5 nitrogen and oxygen atoms in total. The Morgan fingerprint density at radius 3 is 2.54 bits per heavy atom. The number of rotatable bonds is 6. The Balaban J connectivity index is 1.37. The fraction of sp³-hybridized carbons (Fsp3) is 0.500. The number of likely N-dealkylation sites (tertiary alicyclic amines) is 1. The van der Waals surface area contributed by atoms with E-state index in [4.69, 9.17) is 0 Å². The number of aromatic nitrogens is 1. The fourth-order valence-corrected chi connectivity index (χ4v) is 8.03. The minimum absolute atomic E-state index is 0.0998. The van der Waals surface area contributed by atoms with Gasteiger partial charge in [-0.05, 0) is 72.4 Å². The molecule has 1 aromatic heterocycles. The maximum atomic E-state index is 14.2. The second-order valence-electron chi connectivity index (χ2n) is 11.2. The van der Waals surface area contributed by atoms with E-state index in [0.717, 1.165) is 30.4 Å². The normalized spacial score (nSPS) is 22.0. The van der Waals surface area contributed by atoms with Crippen molar-refractivity contribution in [3.05, 3.63) is 65.6 Å². The van der Waals surface area contributed by atoms with E-state index in [9.17, 15) is 17.6 Å².